The van der Waals surface area contributed by atoms with Crippen LogP contribution in [0.25, 0.3) is 11.3 Å². The van der Waals surface area contributed by atoms with Gasteiger partial charge in [-0.15, -0.1) is 0 Å². The summed E-state index contributed by atoms with van der Waals surface area (Å²) in [5, 5.41) is 3.75. The monoisotopic (exact) mass is 409 g/mol. The zero-order chi connectivity index (χ0) is 20.9. The summed E-state index contributed by atoms with van der Waals surface area (Å²) in [6.45, 7) is 3.17. The standard InChI is InChI=1S/C21H23N5O4/c1-14-23-20(30-25-14)6-7-21(27)26-8-9-29-19(13-26)18-12-22-11-17(24-18)15-4-3-5-16(10-15)28-2/h3-5,10-12,19H,6-9,13H2,1-2H3/t19-/m1/s1. The fourth-order valence-corrected chi connectivity index (χ4v) is 3.33. The molecule has 1 atom stereocenters. The summed E-state index contributed by atoms with van der Waals surface area (Å²) in [6, 6.07) is 7.65. The number of ether oxygens (including phenoxy) is 2. The number of nitrogens with zero attached hydrogens (tertiary/aromatic N) is 5. The number of aryl methyl sites for hydroxylation is 2. The lowest BCUT2D eigenvalue weighted by atomic mass is 10.1. The number of morpholine rings is 1. The van der Waals surface area contributed by atoms with Crippen molar-refractivity contribution >= 4 is 5.91 Å². The van der Waals surface area contributed by atoms with Crippen molar-refractivity contribution in [2.75, 3.05) is 26.8 Å². The van der Waals surface area contributed by atoms with E-state index in [9.17, 15) is 4.79 Å². The molecule has 9 heteroatoms. The van der Waals surface area contributed by atoms with E-state index in [0.717, 1.165) is 17.0 Å². The van der Waals surface area contributed by atoms with Gasteiger partial charge in [-0.2, -0.15) is 4.98 Å². The molecule has 1 aromatic carbocycles. The summed E-state index contributed by atoms with van der Waals surface area (Å²) in [5.41, 5.74) is 2.33. The fourth-order valence-electron chi connectivity index (χ4n) is 3.33. The summed E-state index contributed by atoms with van der Waals surface area (Å²) in [7, 11) is 1.63. The molecule has 1 fully saturated rings. The second-order valence-electron chi connectivity index (χ2n) is 7.00. The molecule has 9 nitrogen and oxygen atoms in total. The Hall–Kier alpha value is -3.33. The quantitative estimate of drug-likeness (QED) is 0.611. The van der Waals surface area contributed by atoms with Crippen molar-refractivity contribution in [2.24, 2.45) is 0 Å². The maximum Gasteiger partial charge on any atom is 0.227 e. The average molecular weight is 409 g/mol. The fraction of sp³-hybridized carbons (Fsp3) is 0.381. The van der Waals surface area contributed by atoms with E-state index in [2.05, 4.69) is 15.1 Å². The molecule has 0 N–H and O–H groups in total. The van der Waals surface area contributed by atoms with E-state index < -0.39 is 0 Å². The number of aromatic nitrogens is 4. The second kappa shape index (κ2) is 9.00. The SMILES string of the molecule is COc1cccc(-c2cncc([C@H]3CN(C(=O)CCc4nc(C)no4)CCO3)n2)c1. The summed E-state index contributed by atoms with van der Waals surface area (Å²) in [4.78, 5) is 27.6. The molecule has 156 valence electrons. The van der Waals surface area contributed by atoms with Crippen molar-refractivity contribution in [3.8, 4) is 17.0 Å². The van der Waals surface area contributed by atoms with Gasteiger partial charge in [0.2, 0.25) is 11.8 Å². The lowest BCUT2D eigenvalue weighted by Crippen LogP contribution is -2.42. The van der Waals surface area contributed by atoms with Crippen molar-refractivity contribution in [1.29, 1.82) is 0 Å². The first-order valence-electron chi connectivity index (χ1n) is 9.77. The number of carbonyl (C=O) groups is 1. The van der Waals surface area contributed by atoms with E-state index in [1.807, 2.05) is 24.3 Å². The summed E-state index contributed by atoms with van der Waals surface area (Å²) >= 11 is 0. The predicted octanol–water partition coefficient (Wildman–Crippen LogP) is 2.38. The minimum absolute atomic E-state index is 0.0241. The first-order chi connectivity index (χ1) is 14.6. The van der Waals surface area contributed by atoms with Crippen LogP contribution in [0.5, 0.6) is 5.75 Å². The Morgan fingerprint density at radius 3 is 3.00 bits per heavy atom. The Morgan fingerprint density at radius 2 is 2.20 bits per heavy atom. The molecule has 0 spiro atoms. The Morgan fingerprint density at radius 1 is 1.30 bits per heavy atom. The van der Waals surface area contributed by atoms with Crippen molar-refractivity contribution in [1.82, 2.24) is 25.0 Å². The molecule has 30 heavy (non-hydrogen) atoms. The lowest BCUT2D eigenvalue weighted by molar-refractivity contribution is -0.139. The van der Waals surface area contributed by atoms with Crippen LogP contribution in [0.15, 0.2) is 41.2 Å². The zero-order valence-corrected chi connectivity index (χ0v) is 16.9. The molecule has 0 saturated carbocycles. The van der Waals surface area contributed by atoms with Crippen LogP contribution in [0.3, 0.4) is 0 Å². The van der Waals surface area contributed by atoms with Gasteiger partial charge in [-0.1, -0.05) is 17.3 Å². The van der Waals surface area contributed by atoms with Gasteiger partial charge in [0.15, 0.2) is 5.82 Å². The predicted molar refractivity (Wildman–Crippen MR) is 107 cm³/mol. The number of amides is 1. The number of hydrogen-bond donors (Lipinski definition) is 0. The molecular weight excluding hydrogens is 386 g/mol. The van der Waals surface area contributed by atoms with Gasteiger partial charge in [-0.05, 0) is 19.1 Å². The van der Waals surface area contributed by atoms with Crippen molar-refractivity contribution in [3.05, 3.63) is 54.1 Å². The van der Waals surface area contributed by atoms with Gasteiger partial charge in [-0.3, -0.25) is 9.78 Å². The van der Waals surface area contributed by atoms with Crippen LogP contribution in [0.2, 0.25) is 0 Å². The number of carbonyl (C=O) groups excluding carboxylic acids is 1. The lowest BCUT2D eigenvalue weighted by Gasteiger charge is -2.32. The average Bonchev–Trinajstić information content (AvgIpc) is 3.22. The number of hydrogen-bond acceptors (Lipinski definition) is 8. The minimum Gasteiger partial charge on any atom is -0.497 e. The third kappa shape index (κ3) is 4.62. The molecule has 4 rings (SSSR count). The molecule has 2 aromatic heterocycles. The molecule has 0 radical (unpaired) electrons. The van der Waals surface area contributed by atoms with Crippen LogP contribution in [-0.4, -0.2) is 57.7 Å². The Labute approximate surface area is 174 Å². The summed E-state index contributed by atoms with van der Waals surface area (Å²) in [6.07, 6.45) is 3.79. The Kier molecular flexibility index (Phi) is 5.99. The maximum absolute atomic E-state index is 12.6. The highest BCUT2D eigenvalue weighted by Gasteiger charge is 2.27. The zero-order valence-electron chi connectivity index (χ0n) is 16.9. The van der Waals surface area contributed by atoms with Crippen molar-refractivity contribution < 1.29 is 18.8 Å². The van der Waals surface area contributed by atoms with Crippen LogP contribution in [0.4, 0.5) is 0 Å². The first-order valence-corrected chi connectivity index (χ1v) is 9.77. The third-order valence-corrected chi connectivity index (χ3v) is 4.89. The molecule has 1 aliphatic heterocycles. The van der Waals surface area contributed by atoms with Crippen molar-refractivity contribution in [2.45, 2.75) is 25.9 Å². The van der Waals surface area contributed by atoms with Gasteiger partial charge >= 0.3 is 0 Å². The highest BCUT2D eigenvalue weighted by atomic mass is 16.5. The molecule has 1 aliphatic rings. The normalized spacial score (nSPS) is 16.5. The highest BCUT2D eigenvalue weighted by molar-refractivity contribution is 5.76. The third-order valence-electron chi connectivity index (χ3n) is 4.89. The first kappa shape index (κ1) is 20.0. The molecule has 0 unspecified atom stereocenters. The van der Waals surface area contributed by atoms with E-state index in [1.165, 1.54) is 0 Å². The number of methoxy groups -OCH3 is 1. The highest BCUT2D eigenvalue weighted by Crippen LogP contribution is 2.25. The molecule has 1 saturated heterocycles. The smallest absolute Gasteiger partial charge is 0.227 e. The minimum atomic E-state index is -0.327. The van der Waals surface area contributed by atoms with Gasteiger partial charge in [0.05, 0.1) is 44.0 Å². The topological polar surface area (TPSA) is 103 Å². The van der Waals surface area contributed by atoms with E-state index >= 15 is 0 Å². The van der Waals surface area contributed by atoms with Crippen LogP contribution < -0.4 is 4.74 Å². The molecule has 1 amide bonds. The summed E-state index contributed by atoms with van der Waals surface area (Å²) in [5.74, 6) is 1.82. The van der Waals surface area contributed by atoms with Crippen LogP contribution in [0, 0.1) is 6.92 Å². The van der Waals surface area contributed by atoms with Crippen LogP contribution in [-0.2, 0) is 16.0 Å². The second-order valence-corrected chi connectivity index (χ2v) is 7.00. The number of rotatable bonds is 6. The van der Waals surface area contributed by atoms with E-state index in [4.69, 9.17) is 19.0 Å². The van der Waals surface area contributed by atoms with E-state index in [-0.39, 0.29) is 12.0 Å². The summed E-state index contributed by atoms with van der Waals surface area (Å²) < 4.78 is 16.3. The van der Waals surface area contributed by atoms with Crippen molar-refractivity contribution in [3.63, 3.8) is 0 Å². The molecule has 0 bridgehead atoms. The molecule has 3 heterocycles. The maximum atomic E-state index is 12.6. The Bertz CT molecular complexity index is 1020. The van der Waals surface area contributed by atoms with Gasteiger partial charge in [0, 0.05) is 24.9 Å². The molecule has 0 aliphatic carbocycles. The number of benzene rings is 1. The van der Waals surface area contributed by atoms with E-state index in [1.54, 1.807) is 31.3 Å². The van der Waals surface area contributed by atoms with Crippen LogP contribution >= 0.6 is 0 Å². The van der Waals surface area contributed by atoms with E-state index in [0.29, 0.717) is 49.9 Å². The van der Waals surface area contributed by atoms with Crippen LogP contribution in [0.1, 0.15) is 29.9 Å². The molecular formula is C21H23N5O4. The van der Waals surface area contributed by atoms with Gasteiger partial charge in [0.25, 0.3) is 0 Å². The van der Waals surface area contributed by atoms with Gasteiger partial charge in [-0.25, -0.2) is 4.98 Å². The Balaban J connectivity index is 1.43. The van der Waals surface area contributed by atoms with Gasteiger partial charge < -0.3 is 18.9 Å². The molecule has 3 aromatic rings. The van der Waals surface area contributed by atoms with Gasteiger partial charge in [0.1, 0.15) is 11.9 Å². The largest absolute Gasteiger partial charge is 0.497 e.